The molecule has 5 heteroatoms. The highest BCUT2D eigenvalue weighted by Crippen LogP contribution is 2.37. The third-order valence-electron chi connectivity index (χ3n) is 6.72. The number of hydrogen-bond donors (Lipinski definition) is 1. The summed E-state index contributed by atoms with van der Waals surface area (Å²) >= 11 is 0. The lowest BCUT2D eigenvalue weighted by Crippen LogP contribution is -2.64. The van der Waals surface area contributed by atoms with Gasteiger partial charge in [-0.2, -0.15) is 0 Å². The molecule has 2 saturated heterocycles. The molecule has 0 aromatic heterocycles. The highest BCUT2D eigenvalue weighted by molar-refractivity contribution is 5.94. The quantitative estimate of drug-likeness (QED) is 0.850. The molecule has 0 saturated carbocycles. The first-order valence-corrected chi connectivity index (χ1v) is 10.9. The summed E-state index contributed by atoms with van der Waals surface area (Å²) < 4.78 is 0. The number of benzene rings is 2. The zero-order valence-corrected chi connectivity index (χ0v) is 18.3. The molecule has 1 N–H and O–H groups in total. The number of likely N-dealkylation sites (tertiary alicyclic amines) is 1. The van der Waals surface area contributed by atoms with Gasteiger partial charge in [0.25, 0.3) is 5.91 Å². The van der Waals surface area contributed by atoms with E-state index in [1.54, 1.807) is 0 Å². The van der Waals surface area contributed by atoms with E-state index >= 15 is 0 Å². The summed E-state index contributed by atoms with van der Waals surface area (Å²) in [5.41, 5.74) is 2.96. The van der Waals surface area contributed by atoms with Crippen molar-refractivity contribution in [2.45, 2.75) is 31.9 Å². The lowest BCUT2D eigenvalue weighted by molar-refractivity contribution is -0.101. The van der Waals surface area contributed by atoms with Crippen molar-refractivity contribution in [1.82, 2.24) is 14.7 Å². The van der Waals surface area contributed by atoms with E-state index in [0.717, 1.165) is 48.4 Å². The minimum Gasteiger partial charge on any atom is -0.383 e. The van der Waals surface area contributed by atoms with Crippen LogP contribution in [-0.2, 0) is 5.60 Å². The summed E-state index contributed by atoms with van der Waals surface area (Å²) in [6, 6.07) is 15.9. The van der Waals surface area contributed by atoms with Gasteiger partial charge in [-0.15, -0.1) is 0 Å². The molecule has 2 atom stereocenters. The smallest absolute Gasteiger partial charge is 0.253 e. The zero-order valence-electron chi connectivity index (χ0n) is 18.3. The topological polar surface area (TPSA) is 47.0 Å². The fraction of sp³-hybridized carbons (Fsp3) is 0.480. The van der Waals surface area contributed by atoms with E-state index in [9.17, 15) is 9.90 Å². The number of rotatable bonds is 3. The van der Waals surface area contributed by atoms with Crippen molar-refractivity contribution in [3.63, 3.8) is 0 Å². The molecular weight excluding hydrogens is 374 g/mol. The lowest BCUT2D eigenvalue weighted by atomic mass is 9.79. The van der Waals surface area contributed by atoms with Crippen LogP contribution in [0.3, 0.4) is 0 Å². The van der Waals surface area contributed by atoms with E-state index in [-0.39, 0.29) is 11.9 Å². The summed E-state index contributed by atoms with van der Waals surface area (Å²) in [7, 11) is 2.14. The van der Waals surface area contributed by atoms with Gasteiger partial charge in [0.05, 0.1) is 6.04 Å². The van der Waals surface area contributed by atoms with Crippen molar-refractivity contribution >= 4 is 5.91 Å². The van der Waals surface area contributed by atoms with Crippen molar-refractivity contribution in [3.8, 4) is 0 Å². The van der Waals surface area contributed by atoms with Crippen LogP contribution in [0.2, 0.25) is 0 Å². The predicted octanol–water partition coefficient (Wildman–Crippen LogP) is 2.65. The average Bonchev–Trinajstić information content (AvgIpc) is 2.74. The number of aliphatic hydroxyl groups is 1. The fourth-order valence-corrected chi connectivity index (χ4v) is 5.00. The minimum absolute atomic E-state index is 0.0658. The molecule has 0 aliphatic carbocycles. The Hall–Kier alpha value is -2.21. The van der Waals surface area contributed by atoms with Gasteiger partial charge >= 0.3 is 0 Å². The van der Waals surface area contributed by atoms with Crippen LogP contribution in [-0.4, -0.2) is 78.1 Å². The number of amides is 1. The first-order valence-electron chi connectivity index (χ1n) is 10.9. The van der Waals surface area contributed by atoms with Gasteiger partial charge in [-0.1, -0.05) is 47.5 Å². The number of piperidine rings is 1. The number of carbonyl (C=O) groups excluding carboxylic acids is 1. The summed E-state index contributed by atoms with van der Waals surface area (Å²) in [6.45, 7) is 8.92. The number of carbonyl (C=O) groups is 1. The normalized spacial score (nSPS) is 26.0. The van der Waals surface area contributed by atoms with Gasteiger partial charge < -0.3 is 14.9 Å². The standard InChI is InChI=1S/C25H33N3O2/c1-19-15-20(2)17-21(16-19)24(29)28-10-9-25(30,22-7-5-4-6-8-22)23(18-28)27-13-11-26(3)12-14-27/h4-8,15-17,23,30H,9-14,18H2,1-3H3/t23-,25+/m1/s1. The Labute approximate surface area is 179 Å². The van der Waals surface area contributed by atoms with E-state index in [1.807, 2.05) is 61.2 Å². The van der Waals surface area contributed by atoms with Crippen LogP contribution in [0.4, 0.5) is 0 Å². The maximum Gasteiger partial charge on any atom is 0.253 e. The molecule has 2 heterocycles. The second kappa shape index (κ2) is 8.50. The molecule has 0 bridgehead atoms. The Kier molecular flexibility index (Phi) is 5.96. The van der Waals surface area contributed by atoms with E-state index in [2.05, 4.69) is 22.9 Å². The van der Waals surface area contributed by atoms with Crippen LogP contribution in [0.25, 0.3) is 0 Å². The van der Waals surface area contributed by atoms with Gasteiger partial charge in [0.1, 0.15) is 5.60 Å². The molecule has 2 aliphatic rings. The van der Waals surface area contributed by atoms with E-state index in [0.29, 0.717) is 19.5 Å². The van der Waals surface area contributed by atoms with Crippen molar-refractivity contribution in [2.75, 3.05) is 46.3 Å². The molecular formula is C25H33N3O2. The number of likely N-dealkylation sites (N-methyl/N-ethyl adjacent to an activating group) is 1. The Morgan fingerprint density at radius 1 is 0.967 bits per heavy atom. The van der Waals surface area contributed by atoms with Crippen LogP contribution in [0.1, 0.15) is 33.5 Å². The second-order valence-electron chi connectivity index (χ2n) is 9.02. The molecule has 5 nitrogen and oxygen atoms in total. The minimum atomic E-state index is -0.948. The number of nitrogens with zero attached hydrogens (tertiary/aromatic N) is 3. The van der Waals surface area contributed by atoms with Crippen molar-refractivity contribution in [1.29, 1.82) is 0 Å². The summed E-state index contributed by atoms with van der Waals surface area (Å²) in [4.78, 5) is 20.0. The predicted molar refractivity (Wildman–Crippen MR) is 120 cm³/mol. The van der Waals surface area contributed by atoms with Gasteiger partial charge in [-0.25, -0.2) is 0 Å². The number of piperazine rings is 1. The molecule has 4 rings (SSSR count). The van der Waals surface area contributed by atoms with Crippen LogP contribution < -0.4 is 0 Å². The molecule has 2 aromatic carbocycles. The second-order valence-corrected chi connectivity index (χ2v) is 9.02. The Morgan fingerprint density at radius 2 is 1.60 bits per heavy atom. The van der Waals surface area contributed by atoms with Crippen LogP contribution >= 0.6 is 0 Å². The largest absolute Gasteiger partial charge is 0.383 e. The first kappa shape index (κ1) is 21.0. The van der Waals surface area contributed by atoms with Gasteiger partial charge in [0, 0.05) is 44.8 Å². The fourth-order valence-electron chi connectivity index (χ4n) is 5.00. The molecule has 0 unspecified atom stereocenters. The molecule has 30 heavy (non-hydrogen) atoms. The van der Waals surface area contributed by atoms with E-state index in [1.165, 1.54) is 0 Å². The first-order chi connectivity index (χ1) is 14.4. The van der Waals surface area contributed by atoms with Crippen molar-refractivity contribution in [3.05, 3.63) is 70.8 Å². The zero-order chi connectivity index (χ0) is 21.3. The van der Waals surface area contributed by atoms with E-state index < -0.39 is 5.60 Å². The molecule has 2 aliphatic heterocycles. The third kappa shape index (κ3) is 4.15. The molecule has 2 fully saturated rings. The molecule has 2 aromatic rings. The van der Waals surface area contributed by atoms with Crippen molar-refractivity contribution < 1.29 is 9.90 Å². The highest BCUT2D eigenvalue weighted by Gasteiger charge is 2.47. The molecule has 0 spiro atoms. The Bertz CT molecular complexity index is 872. The molecule has 1 amide bonds. The number of aryl methyl sites for hydroxylation is 2. The Morgan fingerprint density at radius 3 is 2.23 bits per heavy atom. The third-order valence-corrected chi connectivity index (χ3v) is 6.72. The maximum absolute atomic E-state index is 13.3. The highest BCUT2D eigenvalue weighted by atomic mass is 16.3. The van der Waals surface area contributed by atoms with Gasteiger partial charge in [-0.05, 0) is 45.0 Å². The van der Waals surface area contributed by atoms with Gasteiger partial charge in [0.2, 0.25) is 0 Å². The Balaban J connectivity index is 1.62. The van der Waals surface area contributed by atoms with Gasteiger partial charge in [0.15, 0.2) is 0 Å². The van der Waals surface area contributed by atoms with Crippen LogP contribution in [0, 0.1) is 13.8 Å². The summed E-state index contributed by atoms with van der Waals surface area (Å²) in [5.74, 6) is 0.0658. The lowest BCUT2D eigenvalue weighted by Gasteiger charge is -2.51. The van der Waals surface area contributed by atoms with Crippen LogP contribution in [0.5, 0.6) is 0 Å². The summed E-state index contributed by atoms with van der Waals surface area (Å²) in [5, 5.41) is 11.9. The average molecular weight is 408 g/mol. The van der Waals surface area contributed by atoms with Crippen LogP contribution in [0.15, 0.2) is 48.5 Å². The maximum atomic E-state index is 13.3. The molecule has 160 valence electrons. The van der Waals surface area contributed by atoms with Gasteiger partial charge in [-0.3, -0.25) is 9.69 Å². The monoisotopic (exact) mass is 407 g/mol. The van der Waals surface area contributed by atoms with Crippen molar-refractivity contribution in [2.24, 2.45) is 0 Å². The SMILES string of the molecule is Cc1cc(C)cc(C(=O)N2CC[C@](O)(c3ccccc3)[C@H](N3CCN(C)CC3)C2)c1. The molecule has 0 radical (unpaired) electrons. The number of hydrogen-bond acceptors (Lipinski definition) is 4. The van der Waals surface area contributed by atoms with E-state index in [4.69, 9.17) is 0 Å². The summed E-state index contributed by atoms with van der Waals surface area (Å²) in [6.07, 6.45) is 0.546.